The minimum Gasteiger partial charge on any atom is -0.434 e. The SMILES string of the molecule is C1=COSCC1. The van der Waals surface area contributed by atoms with Crippen LogP contribution >= 0.6 is 12.0 Å². The maximum absolute atomic E-state index is 4.81. The molecule has 0 amide bonds. The van der Waals surface area contributed by atoms with E-state index in [1.807, 2.05) is 6.08 Å². The molecule has 0 unspecified atom stereocenters. The fourth-order valence-corrected chi connectivity index (χ4v) is 0.797. The molecule has 0 saturated carbocycles. The van der Waals surface area contributed by atoms with Crippen molar-refractivity contribution < 1.29 is 4.18 Å². The second-order valence-corrected chi connectivity index (χ2v) is 1.92. The molecule has 0 spiro atoms. The molecule has 0 bridgehead atoms. The van der Waals surface area contributed by atoms with Gasteiger partial charge in [0.05, 0.1) is 18.3 Å². The van der Waals surface area contributed by atoms with Crippen molar-refractivity contribution in [2.75, 3.05) is 5.75 Å². The Kier molecular flexibility index (Phi) is 1.44. The van der Waals surface area contributed by atoms with Crippen LogP contribution in [0.1, 0.15) is 6.42 Å². The third-order valence-electron chi connectivity index (χ3n) is 0.588. The Morgan fingerprint density at radius 3 is 2.83 bits per heavy atom. The molecule has 2 heteroatoms. The van der Waals surface area contributed by atoms with Gasteiger partial charge in [0.2, 0.25) is 0 Å². The predicted octanol–water partition coefficient (Wildman–Crippen LogP) is 1.57. The number of hydrogen-bond acceptors (Lipinski definition) is 2. The largest absolute Gasteiger partial charge is 0.434 e. The van der Waals surface area contributed by atoms with E-state index in [9.17, 15) is 0 Å². The van der Waals surface area contributed by atoms with Gasteiger partial charge < -0.3 is 4.18 Å². The standard InChI is InChI=1S/C4H6OS/c1-2-4-6-5-3-1/h1,3H,2,4H2. The zero-order valence-corrected chi connectivity index (χ0v) is 4.20. The van der Waals surface area contributed by atoms with Crippen molar-refractivity contribution in [1.29, 1.82) is 0 Å². The van der Waals surface area contributed by atoms with E-state index in [-0.39, 0.29) is 0 Å². The number of hydrogen-bond donors (Lipinski definition) is 0. The molecule has 1 rings (SSSR count). The molecule has 1 nitrogen and oxygen atoms in total. The number of allylic oxidation sites excluding steroid dienone is 1. The first-order valence-electron chi connectivity index (χ1n) is 1.93. The minimum atomic E-state index is 1.11. The minimum absolute atomic E-state index is 1.11. The van der Waals surface area contributed by atoms with Gasteiger partial charge in [-0.25, -0.2) is 0 Å². The average Bonchev–Trinajstić information content (AvgIpc) is 1.72. The summed E-state index contributed by atoms with van der Waals surface area (Å²) in [5.41, 5.74) is 0. The van der Waals surface area contributed by atoms with Crippen LogP contribution < -0.4 is 0 Å². The van der Waals surface area contributed by atoms with Crippen LogP contribution in [-0.2, 0) is 4.18 Å². The summed E-state index contributed by atoms with van der Waals surface area (Å²) in [6, 6.07) is 0. The third-order valence-corrected chi connectivity index (χ3v) is 1.24. The Bertz CT molecular complexity index is 52.6. The predicted molar refractivity (Wildman–Crippen MR) is 27.3 cm³/mol. The molecule has 0 aromatic heterocycles. The summed E-state index contributed by atoms with van der Waals surface area (Å²) < 4.78 is 4.81. The van der Waals surface area contributed by atoms with Gasteiger partial charge >= 0.3 is 0 Å². The molecule has 0 radical (unpaired) electrons. The lowest BCUT2D eigenvalue weighted by atomic mass is 10.5. The molecule has 0 aromatic rings. The summed E-state index contributed by atoms with van der Waals surface area (Å²) >= 11 is 1.51. The zero-order chi connectivity index (χ0) is 4.24. The molecule has 0 saturated heterocycles. The van der Waals surface area contributed by atoms with Crippen LogP contribution in [-0.4, -0.2) is 5.75 Å². The maximum atomic E-state index is 4.81. The molecule has 0 fully saturated rings. The highest BCUT2D eigenvalue weighted by molar-refractivity contribution is 7.94. The third kappa shape index (κ3) is 0.937. The molecule has 6 heavy (non-hydrogen) atoms. The van der Waals surface area contributed by atoms with Crippen molar-refractivity contribution >= 4 is 12.0 Å². The summed E-state index contributed by atoms with van der Waals surface area (Å²) in [6.45, 7) is 0. The van der Waals surface area contributed by atoms with E-state index < -0.39 is 0 Å². The van der Waals surface area contributed by atoms with Gasteiger partial charge in [-0.05, 0) is 12.5 Å². The molecule has 0 N–H and O–H groups in total. The molecule has 0 aliphatic carbocycles. The Balaban J connectivity index is 2.26. The Hall–Kier alpha value is -0.110. The van der Waals surface area contributed by atoms with Crippen LogP contribution in [0.3, 0.4) is 0 Å². The molecule has 0 aromatic carbocycles. The van der Waals surface area contributed by atoms with Crippen molar-refractivity contribution in [1.82, 2.24) is 0 Å². The lowest BCUT2D eigenvalue weighted by Gasteiger charge is -1.99. The molecule has 1 aliphatic heterocycles. The molecule has 0 atom stereocenters. The highest BCUT2D eigenvalue weighted by Crippen LogP contribution is 2.10. The van der Waals surface area contributed by atoms with Crippen molar-refractivity contribution in [2.45, 2.75) is 6.42 Å². The van der Waals surface area contributed by atoms with Crippen molar-refractivity contribution in [3.63, 3.8) is 0 Å². The van der Waals surface area contributed by atoms with Crippen LogP contribution in [0.25, 0.3) is 0 Å². The van der Waals surface area contributed by atoms with Crippen LogP contribution in [0.2, 0.25) is 0 Å². The van der Waals surface area contributed by atoms with E-state index in [2.05, 4.69) is 0 Å². The molecule has 34 valence electrons. The summed E-state index contributed by atoms with van der Waals surface area (Å²) in [5.74, 6) is 1.11. The Labute approximate surface area is 41.6 Å². The van der Waals surface area contributed by atoms with Crippen LogP contribution in [0, 0.1) is 0 Å². The quantitative estimate of drug-likeness (QED) is 0.429. The first kappa shape index (κ1) is 4.06. The van der Waals surface area contributed by atoms with Crippen LogP contribution in [0.4, 0.5) is 0 Å². The lowest BCUT2D eigenvalue weighted by Crippen LogP contribution is -1.80. The topological polar surface area (TPSA) is 9.23 Å². The van der Waals surface area contributed by atoms with E-state index in [0.29, 0.717) is 0 Å². The number of rotatable bonds is 0. The normalized spacial score (nSPS) is 20.0. The Morgan fingerprint density at radius 2 is 2.67 bits per heavy atom. The van der Waals surface area contributed by atoms with E-state index >= 15 is 0 Å². The molecule has 1 aliphatic rings. The van der Waals surface area contributed by atoms with Gasteiger partial charge in [0, 0.05) is 5.75 Å². The van der Waals surface area contributed by atoms with E-state index in [4.69, 9.17) is 4.18 Å². The van der Waals surface area contributed by atoms with E-state index in [0.717, 1.165) is 12.2 Å². The van der Waals surface area contributed by atoms with Crippen molar-refractivity contribution in [3.05, 3.63) is 12.3 Å². The summed E-state index contributed by atoms with van der Waals surface area (Å²) in [4.78, 5) is 0. The van der Waals surface area contributed by atoms with Crippen molar-refractivity contribution in [3.8, 4) is 0 Å². The summed E-state index contributed by atoms with van der Waals surface area (Å²) in [6.07, 6.45) is 4.91. The summed E-state index contributed by atoms with van der Waals surface area (Å²) in [7, 11) is 0. The van der Waals surface area contributed by atoms with Gasteiger partial charge in [0.25, 0.3) is 0 Å². The Morgan fingerprint density at radius 1 is 1.67 bits per heavy atom. The zero-order valence-electron chi connectivity index (χ0n) is 3.39. The van der Waals surface area contributed by atoms with Gasteiger partial charge in [0.15, 0.2) is 0 Å². The second kappa shape index (κ2) is 2.13. The van der Waals surface area contributed by atoms with Crippen LogP contribution in [0.5, 0.6) is 0 Å². The fraction of sp³-hybridized carbons (Fsp3) is 0.500. The van der Waals surface area contributed by atoms with Gasteiger partial charge in [-0.1, -0.05) is 0 Å². The second-order valence-electron chi connectivity index (χ2n) is 1.08. The molecular formula is C4H6OS. The van der Waals surface area contributed by atoms with Gasteiger partial charge in [-0.15, -0.1) is 0 Å². The smallest absolute Gasteiger partial charge is 0.0970 e. The fourth-order valence-electron chi connectivity index (χ4n) is 0.311. The lowest BCUT2D eigenvalue weighted by molar-refractivity contribution is 0.554. The van der Waals surface area contributed by atoms with Gasteiger partial charge in [0.1, 0.15) is 0 Å². The first-order chi connectivity index (χ1) is 3.00. The van der Waals surface area contributed by atoms with E-state index in [1.165, 1.54) is 12.0 Å². The highest BCUT2D eigenvalue weighted by Gasteiger charge is 1.88. The maximum Gasteiger partial charge on any atom is 0.0970 e. The monoisotopic (exact) mass is 102 g/mol. The van der Waals surface area contributed by atoms with Gasteiger partial charge in [-0.2, -0.15) is 0 Å². The molecule has 1 heterocycles. The highest BCUT2D eigenvalue weighted by atomic mass is 32.2. The van der Waals surface area contributed by atoms with Crippen molar-refractivity contribution in [2.24, 2.45) is 0 Å². The summed E-state index contributed by atoms with van der Waals surface area (Å²) in [5, 5.41) is 0. The van der Waals surface area contributed by atoms with E-state index in [1.54, 1.807) is 6.26 Å². The average molecular weight is 102 g/mol. The first-order valence-corrected chi connectivity index (χ1v) is 2.84. The molecular weight excluding hydrogens is 96.1 g/mol. The van der Waals surface area contributed by atoms with Gasteiger partial charge in [-0.3, -0.25) is 0 Å². The van der Waals surface area contributed by atoms with Crippen LogP contribution in [0.15, 0.2) is 12.3 Å².